The van der Waals surface area contributed by atoms with Crippen LogP contribution in [0.25, 0.3) is 0 Å². The number of nitrogens with one attached hydrogen (secondary N) is 1. The first-order valence-electron chi connectivity index (χ1n) is 5.42. The van der Waals surface area contributed by atoms with E-state index < -0.39 is 18.8 Å². The minimum absolute atomic E-state index is 0.190. The van der Waals surface area contributed by atoms with E-state index in [0.717, 1.165) is 12.1 Å². The highest BCUT2D eigenvalue weighted by atomic mass is 31.2. The van der Waals surface area contributed by atoms with Gasteiger partial charge in [-0.05, 0) is 12.0 Å². The number of alkyl halides is 2. The number of rotatable bonds is 5. The van der Waals surface area contributed by atoms with Gasteiger partial charge in [0, 0.05) is 19.0 Å². The zero-order valence-corrected chi connectivity index (χ0v) is 11.0. The van der Waals surface area contributed by atoms with E-state index in [-0.39, 0.29) is 5.91 Å². The first-order chi connectivity index (χ1) is 8.64. The molecule has 0 aliphatic carbocycles. The zero-order chi connectivity index (χ0) is 14.7. The van der Waals surface area contributed by atoms with Gasteiger partial charge >= 0.3 is 13.3 Å². The molecule has 19 heavy (non-hydrogen) atoms. The Labute approximate surface area is 108 Å². The molecular formula is C11H14F2NO4P. The van der Waals surface area contributed by atoms with Crippen molar-refractivity contribution in [1.29, 1.82) is 0 Å². The third-order valence-electron chi connectivity index (χ3n) is 2.45. The Kier molecular flexibility index (Phi) is 4.79. The molecule has 1 amide bonds. The molecule has 1 aromatic rings. The highest BCUT2D eigenvalue weighted by Gasteiger charge is 2.50. The van der Waals surface area contributed by atoms with E-state index in [2.05, 4.69) is 5.32 Å². The van der Waals surface area contributed by atoms with Crippen LogP contribution in [-0.4, -0.2) is 22.2 Å². The number of carbonyl (C=O) groups is 1. The van der Waals surface area contributed by atoms with Gasteiger partial charge in [-0.15, -0.1) is 0 Å². The summed E-state index contributed by atoms with van der Waals surface area (Å²) in [6, 6.07) is 4.64. The maximum absolute atomic E-state index is 13.3. The molecule has 0 saturated carbocycles. The van der Waals surface area contributed by atoms with Crippen molar-refractivity contribution in [3.05, 3.63) is 35.4 Å². The van der Waals surface area contributed by atoms with Crippen LogP contribution in [0.4, 0.5) is 8.78 Å². The van der Waals surface area contributed by atoms with Crippen molar-refractivity contribution in [2.24, 2.45) is 0 Å². The highest BCUT2D eigenvalue weighted by Crippen LogP contribution is 2.59. The van der Waals surface area contributed by atoms with Gasteiger partial charge in [0.25, 0.3) is 0 Å². The van der Waals surface area contributed by atoms with E-state index in [9.17, 15) is 18.1 Å². The minimum atomic E-state index is -5.53. The summed E-state index contributed by atoms with van der Waals surface area (Å²) in [5, 5.41) is 2.55. The van der Waals surface area contributed by atoms with E-state index >= 15 is 0 Å². The third-order valence-corrected chi connectivity index (χ3v) is 3.44. The first kappa shape index (κ1) is 15.8. The number of benzene rings is 1. The molecule has 0 heterocycles. The van der Waals surface area contributed by atoms with Gasteiger partial charge in [-0.1, -0.05) is 24.3 Å². The van der Waals surface area contributed by atoms with Gasteiger partial charge in [0.1, 0.15) is 0 Å². The van der Waals surface area contributed by atoms with Gasteiger partial charge in [0.15, 0.2) is 0 Å². The molecule has 0 saturated heterocycles. The van der Waals surface area contributed by atoms with Crippen molar-refractivity contribution in [3.8, 4) is 0 Å². The van der Waals surface area contributed by atoms with Gasteiger partial charge in [-0.25, -0.2) is 0 Å². The van der Waals surface area contributed by atoms with Crippen molar-refractivity contribution in [2.45, 2.75) is 19.0 Å². The predicted octanol–water partition coefficient (Wildman–Crippen LogP) is 1.59. The Morgan fingerprint density at radius 1 is 1.32 bits per heavy atom. The topological polar surface area (TPSA) is 86.6 Å². The Morgan fingerprint density at radius 2 is 1.84 bits per heavy atom. The van der Waals surface area contributed by atoms with Gasteiger partial charge < -0.3 is 15.1 Å². The molecule has 0 unspecified atom stereocenters. The van der Waals surface area contributed by atoms with Crippen LogP contribution in [0.5, 0.6) is 0 Å². The van der Waals surface area contributed by atoms with Gasteiger partial charge in [-0.3, -0.25) is 9.36 Å². The quantitative estimate of drug-likeness (QED) is 0.720. The lowest BCUT2D eigenvalue weighted by Crippen LogP contribution is -2.22. The second-order valence-electron chi connectivity index (χ2n) is 4.02. The van der Waals surface area contributed by atoms with Crippen molar-refractivity contribution in [2.75, 3.05) is 6.54 Å². The Balaban J connectivity index is 2.77. The minimum Gasteiger partial charge on any atom is -0.356 e. The fourth-order valence-electron chi connectivity index (χ4n) is 1.42. The van der Waals surface area contributed by atoms with Crippen LogP contribution in [-0.2, 0) is 21.4 Å². The molecular weight excluding hydrogens is 279 g/mol. The summed E-state index contributed by atoms with van der Waals surface area (Å²) in [6.45, 7) is 1.73. The smallest absolute Gasteiger partial charge is 0.356 e. The SMILES string of the molecule is CC(=O)NCCc1ccc(C(F)(F)P(=O)(O)O)cc1. The second kappa shape index (κ2) is 5.77. The largest absolute Gasteiger partial charge is 0.399 e. The van der Waals surface area contributed by atoms with Gasteiger partial charge in [0.05, 0.1) is 0 Å². The van der Waals surface area contributed by atoms with Crippen LogP contribution in [0, 0.1) is 0 Å². The van der Waals surface area contributed by atoms with Crippen LogP contribution in [0.1, 0.15) is 18.1 Å². The lowest BCUT2D eigenvalue weighted by atomic mass is 10.1. The van der Waals surface area contributed by atoms with Gasteiger partial charge in [0.2, 0.25) is 5.91 Å². The summed E-state index contributed by atoms with van der Waals surface area (Å²) >= 11 is 0. The molecule has 0 aromatic heterocycles. The van der Waals surface area contributed by atoms with Crippen molar-refractivity contribution in [3.63, 3.8) is 0 Å². The Hall–Kier alpha value is -1.30. The Morgan fingerprint density at radius 3 is 2.26 bits per heavy atom. The van der Waals surface area contributed by atoms with Crippen LogP contribution >= 0.6 is 7.60 Å². The lowest BCUT2D eigenvalue weighted by molar-refractivity contribution is -0.118. The zero-order valence-electron chi connectivity index (χ0n) is 10.1. The number of carbonyl (C=O) groups excluding carboxylic acids is 1. The third kappa shape index (κ3) is 4.09. The van der Waals surface area contributed by atoms with Crippen molar-refractivity contribution < 1.29 is 27.9 Å². The average molecular weight is 293 g/mol. The molecule has 0 atom stereocenters. The summed E-state index contributed by atoms with van der Waals surface area (Å²) in [5.41, 5.74) is -4.24. The molecule has 5 nitrogen and oxygen atoms in total. The predicted molar refractivity (Wildman–Crippen MR) is 64.8 cm³/mol. The maximum Gasteiger partial charge on any atom is 0.399 e. The maximum atomic E-state index is 13.3. The normalized spacial score (nSPS) is 12.3. The summed E-state index contributed by atoms with van der Waals surface area (Å²) < 4.78 is 37.3. The lowest BCUT2D eigenvalue weighted by Gasteiger charge is -2.18. The molecule has 0 radical (unpaired) electrons. The van der Waals surface area contributed by atoms with Crippen LogP contribution in [0.3, 0.4) is 0 Å². The molecule has 1 rings (SSSR count). The fraction of sp³-hybridized carbons (Fsp3) is 0.364. The van der Waals surface area contributed by atoms with Crippen molar-refractivity contribution >= 4 is 13.5 Å². The van der Waals surface area contributed by atoms with E-state index in [4.69, 9.17) is 9.79 Å². The van der Waals surface area contributed by atoms with Crippen LogP contribution in [0.15, 0.2) is 24.3 Å². The summed E-state index contributed by atoms with van der Waals surface area (Å²) in [6.07, 6.45) is 0.446. The molecule has 1 aromatic carbocycles. The molecule has 0 fully saturated rings. The second-order valence-corrected chi connectivity index (χ2v) is 5.66. The number of hydrogen-bond acceptors (Lipinski definition) is 2. The number of halogens is 2. The van der Waals surface area contributed by atoms with Gasteiger partial charge in [-0.2, -0.15) is 8.78 Å². The highest BCUT2D eigenvalue weighted by molar-refractivity contribution is 7.52. The summed E-state index contributed by atoms with van der Waals surface area (Å²) in [7, 11) is -5.53. The van der Waals surface area contributed by atoms with E-state index in [1.165, 1.54) is 19.1 Å². The fourth-order valence-corrected chi connectivity index (χ4v) is 1.91. The Bertz CT molecular complexity index is 498. The molecule has 0 spiro atoms. The number of hydrogen-bond donors (Lipinski definition) is 3. The first-order valence-corrected chi connectivity index (χ1v) is 7.03. The monoisotopic (exact) mass is 293 g/mol. The van der Waals surface area contributed by atoms with E-state index in [1.807, 2.05) is 0 Å². The standard InChI is InChI=1S/C11H14F2NO4P/c1-8(15)14-7-6-9-2-4-10(5-3-9)11(12,13)19(16,17)18/h2-5H,6-7H2,1H3,(H,14,15)(H2,16,17,18). The average Bonchev–Trinajstić information content (AvgIpc) is 2.27. The van der Waals surface area contributed by atoms with Crippen molar-refractivity contribution in [1.82, 2.24) is 5.32 Å². The van der Waals surface area contributed by atoms with E-state index in [1.54, 1.807) is 0 Å². The van der Waals surface area contributed by atoms with E-state index in [0.29, 0.717) is 18.5 Å². The summed E-state index contributed by atoms with van der Waals surface area (Å²) in [5.74, 6) is -0.190. The molecule has 3 N–H and O–H groups in total. The molecule has 0 bridgehead atoms. The van der Waals surface area contributed by atoms with Crippen LogP contribution in [0.2, 0.25) is 0 Å². The van der Waals surface area contributed by atoms with Crippen LogP contribution < -0.4 is 5.32 Å². The summed E-state index contributed by atoms with van der Waals surface area (Å²) in [4.78, 5) is 27.8. The molecule has 8 heteroatoms. The number of amides is 1. The molecule has 0 aliphatic rings. The molecule has 0 aliphatic heterocycles. The molecule has 106 valence electrons.